The zero-order valence-corrected chi connectivity index (χ0v) is 13.6. The van der Waals surface area contributed by atoms with Gasteiger partial charge in [0.05, 0.1) is 0 Å². The van der Waals surface area contributed by atoms with Crippen molar-refractivity contribution in [3.63, 3.8) is 0 Å². The highest BCUT2D eigenvalue weighted by Gasteiger charge is 2.11. The second-order valence-corrected chi connectivity index (χ2v) is 5.32. The Morgan fingerprint density at radius 2 is 1.68 bits per heavy atom. The number of rotatable bonds is 9. The fourth-order valence-corrected chi connectivity index (χ4v) is 1.80. The van der Waals surface area contributed by atoms with Crippen molar-refractivity contribution in [1.29, 1.82) is 0 Å². The molecule has 0 aliphatic heterocycles. The number of halogens is 1. The summed E-state index contributed by atoms with van der Waals surface area (Å²) in [4.78, 5) is 23.2. The van der Waals surface area contributed by atoms with Crippen LogP contribution >= 0.6 is 11.6 Å². The van der Waals surface area contributed by atoms with E-state index in [1.807, 2.05) is 0 Å². The minimum Gasteiger partial charge on any atom is -0.381 e. The first-order valence-electron chi connectivity index (χ1n) is 7.51. The maximum atomic E-state index is 11.6. The van der Waals surface area contributed by atoms with Crippen LogP contribution in [0.4, 0.5) is 0 Å². The van der Waals surface area contributed by atoms with Crippen LogP contribution < -0.4 is 10.6 Å². The predicted molar refractivity (Wildman–Crippen MR) is 86.7 cm³/mol. The van der Waals surface area contributed by atoms with Crippen molar-refractivity contribution in [3.05, 3.63) is 34.9 Å². The summed E-state index contributed by atoms with van der Waals surface area (Å²) >= 11 is 5.77. The Balaban J connectivity index is 2.11. The van der Waals surface area contributed by atoms with Gasteiger partial charge in [-0.1, -0.05) is 37.1 Å². The summed E-state index contributed by atoms with van der Waals surface area (Å²) in [6, 6.07) is 7.08. The summed E-state index contributed by atoms with van der Waals surface area (Å²) < 4.78 is 5.37. The lowest BCUT2D eigenvalue weighted by Crippen LogP contribution is -2.40. The van der Waals surface area contributed by atoms with Gasteiger partial charge in [-0.15, -0.1) is 0 Å². The van der Waals surface area contributed by atoms with Crippen LogP contribution in [-0.2, 0) is 20.9 Å². The number of carbonyl (C=O) groups excluding carboxylic acids is 2. The number of unbranched alkanes of at least 4 members (excludes halogenated alkanes) is 1. The van der Waals surface area contributed by atoms with Crippen LogP contribution in [0, 0.1) is 0 Å². The number of ether oxygens (including phenoxy) is 1. The molecule has 1 rings (SSSR count). The van der Waals surface area contributed by atoms with Gasteiger partial charge in [0.1, 0.15) is 0 Å². The summed E-state index contributed by atoms with van der Waals surface area (Å²) in [7, 11) is 0. The highest BCUT2D eigenvalue weighted by Crippen LogP contribution is 2.08. The average Bonchev–Trinajstić information content (AvgIpc) is 2.53. The van der Waals surface area contributed by atoms with Crippen LogP contribution in [-0.4, -0.2) is 31.6 Å². The first-order valence-corrected chi connectivity index (χ1v) is 7.89. The largest absolute Gasteiger partial charge is 0.381 e. The first kappa shape index (κ1) is 18.5. The van der Waals surface area contributed by atoms with E-state index >= 15 is 0 Å². The Labute approximate surface area is 136 Å². The third-order valence-corrected chi connectivity index (χ3v) is 3.22. The van der Waals surface area contributed by atoms with Crippen molar-refractivity contribution in [2.75, 3.05) is 19.8 Å². The molecule has 22 heavy (non-hydrogen) atoms. The van der Waals surface area contributed by atoms with E-state index in [0.717, 1.165) is 25.0 Å². The molecule has 0 unspecified atom stereocenters. The Hall–Kier alpha value is -1.59. The number of carbonyl (C=O) groups is 2. The zero-order valence-electron chi connectivity index (χ0n) is 12.9. The normalized spacial score (nSPS) is 10.3. The molecular weight excluding hydrogens is 304 g/mol. The highest BCUT2D eigenvalue weighted by molar-refractivity contribution is 6.35. The van der Waals surface area contributed by atoms with E-state index < -0.39 is 11.8 Å². The third kappa shape index (κ3) is 8.00. The van der Waals surface area contributed by atoms with Gasteiger partial charge in [-0.2, -0.15) is 0 Å². The number of hydrogen-bond donors (Lipinski definition) is 2. The van der Waals surface area contributed by atoms with E-state index in [1.165, 1.54) is 0 Å². The topological polar surface area (TPSA) is 67.4 Å². The van der Waals surface area contributed by atoms with Gasteiger partial charge >= 0.3 is 11.8 Å². The molecule has 0 heterocycles. The van der Waals surface area contributed by atoms with Crippen molar-refractivity contribution >= 4 is 23.4 Å². The summed E-state index contributed by atoms with van der Waals surface area (Å²) in [6.45, 7) is 4.16. The second-order valence-electron chi connectivity index (χ2n) is 4.88. The molecule has 0 saturated carbocycles. The minimum atomic E-state index is -0.637. The lowest BCUT2D eigenvalue weighted by Gasteiger charge is -2.07. The SMILES string of the molecule is CCCCOCCCNC(=O)C(=O)NCc1ccc(Cl)cc1. The summed E-state index contributed by atoms with van der Waals surface area (Å²) in [6.07, 6.45) is 2.84. The van der Waals surface area contributed by atoms with E-state index in [9.17, 15) is 9.59 Å². The highest BCUT2D eigenvalue weighted by atomic mass is 35.5. The van der Waals surface area contributed by atoms with Crippen molar-refractivity contribution in [2.45, 2.75) is 32.7 Å². The molecule has 5 nitrogen and oxygen atoms in total. The third-order valence-electron chi connectivity index (χ3n) is 2.97. The molecular formula is C16H23ClN2O3. The number of nitrogens with one attached hydrogen (secondary N) is 2. The molecule has 122 valence electrons. The van der Waals surface area contributed by atoms with Gasteiger partial charge in [0.15, 0.2) is 0 Å². The number of amides is 2. The Kier molecular flexibility index (Phi) is 9.26. The smallest absolute Gasteiger partial charge is 0.309 e. The van der Waals surface area contributed by atoms with Crippen molar-refractivity contribution in [1.82, 2.24) is 10.6 Å². The van der Waals surface area contributed by atoms with Gasteiger partial charge in [0.25, 0.3) is 0 Å². The van der Waals surface area contributed by atoms with Crippen LogP contribution in [0.3, 0.4) is 0 Å². The van der Waals surface area contributed by atoms with E-state index in [1.54, 1.807) is 24.3 Å². The molecule has 2 amide bonds. The molecule has 0 aliphatic carbocycles. The standard InChI is InChI=1S/C16H23ClN2O3/c1-2-3-10-22-11-4-9-18-15(20)16(21)19-12-13-5-7-14(17)8-6-13/h5-8H,2-4,9-12H2,1H3,(H,18,20)(H,19,21). The van der Waals surface area contributed by atoms with Crippen molar-refractivity contribution in [2.24, 2.45) is 0 Å². The van der Waals surface area contributed by atoms with E-state index in [-0.39, 0.29) is 0 Å². The van der Waals surface area contributed by atoms with E-state index in [4.69, 9.17) is 16.3 Å². The molecule has 0 fully saturated rings. The van der Waals surface area contributed by atoms with Crippen molar-refractivity contribution in [3.8, 4) is 0 Å². The summed E-state index contributed by atoms with van der Waals surface area (Å²) in [5.74, 6) is -1.26. The second kappa shape index (κ2) is 11.0. The minimum absolute atomic E-state index is 0.295. The molecule has 0 aliphatic rings. The Morgan fingerprint density at radius 1 is 1.05 bits per heavy atom. The maximum Gasteiger partial charge on any atom is 0.309 e. The first-order chi connectivity index (χ1) is 10.6. The van der Waals surface area contributed by atoms with Gasteiger partial charge in [0, 0.05) is 31.3 Å². The molecule has 0 saturated heterocycles. The van der Waals surface area contributed by atoms with Crippen LogP contribution in [0.5, 0.6) is 0 Å². The van der Waals surface area contributed by atoms with E-state index in [0.29, 0.717) is 31.1 Å². The molecule has 0 bridgehead atoms. The molecule has 0 radical (unpaired) electrons. The van der Waals surface area contributed by atoms with Crippen LogP contribution in [0.1, 0.15) is 31.7 Å². The van der Waals surface area contributed by atoms with E-state index in [2.05, 4.69) is 17.6 Å². The average molecular weight is 327 g/mol. The lowest BCUT2D eigenvalue weighted by molar-refractivity contribution is -0.139. The Bertz CT molecular complexity index is 463. The van der Waals surface area contributed by atoms with Crippen LogP contribution in [0.15, 0.2) is 24.3 Å². The van der Waals surface area contributed by atoms with Gasteiger partial charge in [0.2, 0.25) is 0 Å². The summed E-state index contributed by atoms with van der Waals surface area (Å²) in [5, 5.41) is 5.76. The molecule has 0 atom stereocenters. The predicted octanol–water partition coefficient (Wildman–Crippen LogP) is 2.28. The van der Waals surface area contributed by atoms with Gasteiger partial charge in [-0.3, -0.25) is 9.59 Å². The zero-order chi connectivity index (χ0) is 16.2. The fourth-order valence-electron chi connectivity index (χ4n) is 1.67. The van der Waals surface area contributed by atoms with Gasteiger partial charge in [-0.25, -0.2) is 0 Å². The molecule has 0 aromatic heterocycles. The number of hydrogen-bond acceptors (Lipinski definition) is 3. The molecule has 1 aromatic rings. The number of benzene rings is 1. The molecule has 6 heteroatoms. The fraction of sp³-hybridized carbons (Fsp3) is 0.500. The molecule has 1 aromatic carbocycles. The quantitative estimate of drug-likeness (QED) is 0.540. The monoisotopic (exact) mass is 326 g/mol. The molecule has 2 N–H and O–H groups in total. The van der Waals surface area contributed by atoms with Crippen LogP contribution in [0.2, 0.25) is 5.02 Å². The van der Waals surface area contributed by atoms with Crippen LogP contribution in [0.25, 0.3) is 0 Å². The maximum absolute atomic E-state index is 11.6. The van der Waals surface area contributed by atoms with Crippen molar-refractivity contribution < 1.29 is 14.3 Å². The molecule has 0 spiro atoms. The van der Waals surface area contributed by atoms with Gasteiger partial charge in [-0.05, 0) is 30.5 Å². The summed E-state index contributed by atoms with van der Waals surface area (Å²) in [5.41, 5.74) is 0.884. The lowest BCUT2D eigenvalue weighted by atomic mass is 10.2. The van der Waals surface area contributed by atoms with Gasteiger partial charge < -0.3 is 15.4 Å². The Morgan fingerprint density at radius 3 is 2.36 bits per heavy atom.